The first-order chi connectivity index (χ1) is 9.97. The second-order valence-electron chi connectivity index (χ2n) is 6.07. The molecule has 0 fully saturated rings. The summed E-state index contributed by atoms with van der Waals surface area (Å²) in [7, 11) is 0. The Hall–Kier alpha value is -1.54. The standard InChI is InChI=1S/C19H26O2/c1-6-19(4,5)18-10-8-9-15-13-16(11-12-17(15)18)21-14(3)20-7-2/h8-14H,6-7H2,1-5H3. The lowest BCUT2D eigenvalue weighted by molar-refractivity contribution is -0.0612. The predicted molar refractivity (Wildman–Crippen MR) is 89.0 cm³/mol. The Morgan fingerprint density at radius 3 is 2.52 bits per heavy atom. The maximum absolute atomic E-state index is 5.79. The van der Waals surface area contributed by atoms with Gasteiger partial charge in [0, 0.05) is 6.61 Å². The Morgan fingerprint density at radius 1 is 1.10 bits per heavy atom. The van der Waals surface area contributed by atoms with Crippen molar-refractivity contribution in [3.8, 4) is 5.75 Å². The lowest BCUT2D eigenvalue weighted by Gasteiger charge is -2.25. The molecule has 0 spiro atoms. The number of benzene rings is 2. The first kappa shape index (κ1) is 15.8. The van der Waals surface area contributed by atoms with E-state index in [2.05, 4.69) is 51.1 Å². The Balaban J connectivity index is 2.37. The molecule has 0 aliphatic rings. The smallest absolute Gasteiger partial charge is 0.196 e. The minimum atomic E-state index is -0.220. The Bertz CT molecular complexity index is 602. The zero-order valence-electron chi connectivity index (χ0n) is 13.8. The molecule has 2 aromatic rings. The molecule has 0 N–H and O–H groups in total. The SMILES string of the molecule is CCOC(C)Oc1ccc2c(C(C)(C)CC)cccc2c1. The fraction of sp³-hybridized carbons (Fsp3) is 0.474. The molecule has 0 aliphatic carbocycles. The molecule has 0 saturated carbocycles. The Labute approximate surface area is 128 Å². The van der Waals surface area contributed by atoms with E-state index in [1.165, 1.54) is 16.3 Å². The van der Waals surface area contributed by atoms with Crippen molar-refractivity contribution in [3.05, 3.63) is 42.0 Å². The highest BCUT2D eigenvalue weighted by Crippen LogP contribution is 2.34. The second kappa shape index (κ2) is 6.48. The number of rotatable bonds is 6. The van der Waals surface area contributed by atoms with E-state index in [4.69, 9.17) is 9.47 Å². The fourth-order valence-electron chi connectivity index (χ4n) is 2.58. The summed E-state index contributed by atoms with van der Waals surface area (Å²) in [5.41, 5.74) is 1.58. The average molecular weight is 286 g/mol. The minimum absolute atomic E-state index is 0.181. The Kier molecular flexibility index (Phi) is 4.89. The molecule has 0 saturated heterocycles. The normalized spacial score (nSPS) is 13.4. The highest BCUT2D eigenvalue weighted by atomic mass is 16.7. The van der Waals surface area contributed by atoms with Crippen LogP contribution < -0.4 is 4.74 Å². The molecular formula is C19H26O2. The van der Waals surface area contributed by atoms with E-state index < -0.39 is 0 Å². The molecule has 0 bridgehead atoms. The van der Waals surface area contributed by atoms with Crippen molar-refractivity contribution >= 4 is 10.8 Å². The summed E-state index contributed by atoms with van der Waals surface area (Å²) in [6.07, 6.45) is 0.897. The van der Waals surface area contributed by atoms with Gasteiger partial charge in [0.15, 0.2) is 6.29 Å². The van der Waals surface area contributed by atoms with Crippen LogP contribution in [0.3, 0.4) is 0 Å². The van der Waals surface area contributed by atoms with E-state index in [0.29, 0.717) is 6.61 Å². The van der Waals surface area contributed by atoms with Gasteiger partial charge in [0.05, 0.1) is 0 Å². The summed E-state index contributed by atoms with van der Waals surface area (Å²) in [4.78, 5) is 0. The van der Waals surface area contributed by atoms with Gasteiger partial charge in [-0.05, 0) is 54.2 Å². The summed E-state index contributed by atoms with van der Waals surface area (Å²) < 4.78 is 11.2. The van der Waals surface area contributed by atoms with Crippen molar-refractivity contribution in [3.63, 3.8) is 0 Å². The van der Waals surface area contributed by atoms with Crippen molar-refractivity contribution < 1.29 is 9.47 Å². The molecule has 1 atom stereocenters. The number of ether oxygens (including phenoxy) is 2. The number of hydrogen-bond donors (Lipinski definition) is 0. The van der Waals surface area contributed by atoms with Gasteiger partial charge in [-0.15, -0.1) is 0 Å². The van der Waals surface area contributed by atoms with Crippen molar-refractivity contribution in [2.24, 2.45) is 0 Å². The molecule has 0 radical (unpaired) electrons. The van der Waals surface area contributed by atoms with Gasteiger partial charge in [0.1, 0.15) is 5.75 Å². The average Bonchev–Trinajstić information content (AvgIpc) is 2.46. The summed E-state index contributed by atoms with van der Waals surface area (Å²) in [6.45, 7) is 11.4. The molecule has 2 rings (SSSR count). The third-order valence-corrected chi connectivity index (χ3v) is 4.17. The monoisotopic (exact) mass is 286 g/mol. The van der Waals surface area contributed by atoms with Gasteiger partial charge in [0.2, 0.25) is 0 Å². The molecule has 2 nitrogen and oxygen atoms in total. The molecule has 2 heteroatoms. The highest BCUT2D eigenvalue weighted by molar-refractivity contribution is 5.87. The summed E-state index contributed by atoms with van der Waals surface area (Å²) in [5, 5.41) is 2.52. The van der Waals surface area contributed by atoms with Crippen LogP contribution in [0.4, 0.5) is 0 Å². The van der Waals surface area contributed by atoms with Crippen LogP contribution >= 0.6 is 0 Å². The Morgan fingerprint density at radius 2 is 1.86 bits per heavy atom. The first-order valence-corrected chi connectivity index (χ1v) is 7.79. The van der Waals surface area contributed by atoms with Crippen LogP contribution in [0, 0.1) is 0 Å². The maximum Gasteiger partial charge on any atom is 0.196 e. The van der Waals surface area contributed by atoms with Crippen molar-refractivity contribution in [2.45, 2.75) is 52.7 Å². The van der Waals surface area contributed by atoms with Gasteiger partial charge in [0.25, 0.3) is 0 Å². The van der Waals surface area contributed by atoms with Crippen LogP contribution in [0.15, 0.2) is 36.4 Å². The van der Waals surface area contributed by atoms with E-state index in [0.717, 1.165) is 12.2 Å². The van der Waals surface area contributed by atoms with Gasteiger partial charge < -0.3 is 9.47 Å². The first-order valence-electron chi connectivity index (χ1n) is 7.79. The van der Waals surface area contributed by atoms with Crippen LogP contribution in [-0.4, -0.2) is 12.9 Å². The fourth-order valence-corrected chi connectivity index (χ4v) is 2.58. The summed E-state index contributed by atoms with van der Waals surface area (Å²) in [5.74, 6) is 0.856. The number of fused-ring (bicyclic) bond motifs is 1. The molecule has 114 valence electrons. The molecule has 21 heavy (non-hydrogen) atoms. The van der Waals surface area contributed by atoms with Crippen molar-refractivity contribution in [1.29, 1.82) is 0 Å². The number of hydrogen-bond acceptors (Lipinski definition) is 2. The van der Waals surface area contributed by atoms with Crippen LogP contribution in [0.1, 0.15) is 46.6 Å². The largest absolute Gasteiger partial charge is 0.465 e. The predicted octanol–water partition coefficient (Wildman–Crippen LogP) is 5.29. The molecule has 0 amide bonds. The second-order valence-corrected chi connectivity index (χ2v) is 6.07. The summed E-state index contributed by atoms with van der Waals surface area (Å²) >= 11 is 0. The zero-order chi connectivity index (χ0) is 15.5. The highest BCUT2D eigenvalue weighted by Gasteiger charge is 2.20. The molecule has 0 heterocycles. The molecule has 2 aromatic carbocycles. The van der Waals surface area contributed by atoms with E-state index in [1.807, 2.05) is 19.9 Å². The van der Waals surface area contributed by atoms with Crippen LogP contribution in [0.2, 0.25) is 0 Å². The maximum atomic E-state index is 5.79. The lowest BCUT2D eigenvalue weighted by atomic mass is 9.80. The van der Waals surface area contributed by atoms with Crippen LogP contribution in [0.5, 0.6) is 5.75 Å². The van der Waals surface area contributed by atoms with Gasteiger partial charge >= 0.3 is 0 Å². The van der Waals surface area contributed by atoms with E-state index in [-0.39, 0.29) is 11.7 Å². The van der Waals surface area contributed by atoms with Gasteiger partial charge in [-0.1, -0.05) is 45.0 Å². The van der Waals surface area contributed by atoms with E-state index in [9.17, 15) is 0 Å². The van der Waals surface area contributed by atoms with Crippen molar-refractivity contribution in [2.75, 3.05) is 6.61 Å². The topological polar surface area (TPSA) is 18.5 Å². The van der Waals surface area contributed by atoms with E-state index >= 15 is 0 Å². The van der Waals surface area contributed by atoms with Crippen LogP contribution in [0.25, 0.3) is 10.8 Å². The molecule has 0 aromatic heterocycles. The summed E-state index contributed by atoms with van der Waals surface area (Å²) in [6, 6.07) is 12.8. The third-order valence-electron chi connectivity index (χ3n) is 4.17. The van der Waals surface area contributed by atoms with Gasteiger partial charge in [-0.2, -0.15) is 0 Å². The lowest BCUT2D eigenvalue weighted by Crippen LogP contribution is -2.16. The van der Waals surface area contributed by atoms with Gasteiger partial charge in [-0.3, -0.25) is 0 Å². The van der Waals surface area contributed by atoms with E-state index in [1.54, 1.807) is 0 Å². The van der Waals surface area contributed by atoms with Gasteiger partial charge in [-0.25, -0.2) is 0 Å². The molecular weight excluding hydrogens is 260 g/mol. The molecule has 0 aliphatic heterocycles. The molecule has 1 unspecified atom stereocenters. The minimum Gasteiger partial charge on any atom is -0.465 e. The van der Waals surface area contributed by atoms with Crippen molar-refractivity contribution in [1.82, 2.24) is 0 Å². The zero-order valence-corrected chi connectivity index (χ0v) is 13.8. The quantitative estimate of drug-likeness (QED) is 0.672. The third kappa shape index (κ3) is 3.56. The van der Waals surface area contributed by atoms with Crippen LogP contribution in [-0.2, 0) is 10.2 Å².